The molecule has 3 heterocycles. The number of amides is 2. The minimum atomic E-state index is -5.86. The van der Waals surface area contributed by atoms with Crippen molar-refractivity contribution in [1.82, 2.24) is 20.2 Å². The number of aliphatic hydroxyl groups excluding tert-OH is 2. The summed E-state index contributed by atoms with van der Waals surface area (Å²) in [5, 5.41) is 47.0. The summed E-state index contributed by atoms with van der Waals surface area (Å²) in [7, 11) is -17.2. The van der Waals surface area contributed by atoms with E-state index in [0.717, 1.165) is 6.20 Å². The number of hydrogen-bond donors (Lipinski definition) is 11. The number of H-pyrrole nitrogens is 1. The van der Waals surface area contributed by atoms with Crippen molar-refractivity contribution in [1.29, 1.82) is 0 Å². The van der Waals surface area contributed by atoms with Crippen LogP contribution in [0.5, 0.6) is 5.75 Å². The molecule has 6 rings (SSSR count). The van der Waals surface area contributed by atoms with Crippen molar-refractivity contribution >= 4 is 58.3 Å². The van der Waals surface area contributed by atoms with Crippen LogP contribution in [-0.4, -0.2) is 105 Å². The van der Waals surface area contributed by atoms with Crippen molar-refractivity contribution in [2.24, 2.45) is 0 Å². The van der Waals surface area contributed by atoms with Crippen LogP contribution in [0.1, 0.15) is 58.2 Å². The Kier molecular flexibility index (Phi) is 16.0. The molecule has 11 N–H and O–H groups in total. The molecule has 26 nitrogen and oxygen atoms in total. The van der Waals surface area contributed by atoms with E-state index in [1.165, 1.54) is 66.7 Å². The van der Waals surface area contributed by atoms with Gasteiger partial charge in [-0.3, -0.25) is 33.3 Å². The predicted molar refractivity (Wildman–Crippen MR) is 233 cm³/mol. The lowest BCUT2D eigenvalue weighted by Gasteiger charge is -2.19. The summed E-state index contributed by atoms with van der Waals surface area (Å²) >= 11 is 0. The number of carbonyl (C=O) groups excluding carboxylic acids is 2. The second kappa shape index (κ2) is 21.1. The summed E-state index contributed by atoms with van der Waals surface area (Å²) < 4.78 is 58.0. The molecule has 1 aliphatic carbocycles. The Morgan fingerprint density at radius 2 is 1.60 bits per heavy atom. The van der Waals surface area contributed by atoms with E-state index in [0.29, 0.717) is 40.3 Å². The molecule has 1 saturated heterocycles. The molecule has 29 heteroatoms. The fraction of sp³-hybridized carbons (Fsp3) is 0.282. The molecule has 0 saturated carbocycles. The Balaban J connectivity index is 0.977. The quantitative estimate of drug-likeness (QED) is 0.0301. The lowest BCUT2D eigenvalue weighted by atomic mass is 9.89. The molecule has 2 aliphatic heterocycles. The third-order valence-corrected chi connectivity index (χ3v) is 13.8. The molecule has 3 aromatic rings. The number of benzene rings is 3. The van der Waals surface area contributed by atoms with Gasteiger partial charge in [-0.25, -0.2) is 23.3 Å². The van der Waals surface area contributed by atoms with Gasteiger partial charge in [-0.05, 0) is 60.9 Å². The van der Waals surface area contributed by atoms with E-state index in [-0.39, 0.29) is 70.2 Å². The van der Waals surface area contributed by atoms with Gasteiger partial charge in [-0.2, -0.15) is 8.62 Å². The van der Waals surface area contributed by atoms with Gasteiger partial charge >= 0.3 is 35.1 Å². The Hall–Kier alpha value is -5.95. The molecular formula is C39H41N4O22P3. The number of carboxylic acids is 1. The highest BCUT2D eigenvalue weighted by Crippen LogP contribution is 2.66. The number of aromatic hydroxyl groups is 1. The normalized spacial score (nSPS) is 19.2. The molecule has 0 radical (unpaired) electrons. The van der Waals surface area contributed by atoms with Crippen molar-refractivity contribution in [2.45, 2.75) is 50.2 Å². The number of carbonyl (C=O) groups is 3. The fourth-order valence-corrected chi connectivity index (χ4v) is 9.97. The molecule has 6 atom stereocenters. The van der Waals surface area contributed by atoms with Crippen LogP contribution in [0, 0.1) is 0 Å². The maximum atomic E-state index is 13.3. The van der Waals surface area contributed by atoms with E-state index in [1.54, 1.807) is 0 Å². The number of phosphoric acid groups is 3. The minimum Gasteiger partial charge on any atom is -0.508 e. The van der Waals surface area contributed by atoms with Gasteiger partial charge in [0.2, 0.25) is 5.91 Å². The lowest BCUT2D eigenvalue weighted by Crippen LogP contribution is -2.38. The number of hydrogen-bond acceptors (Lipinski definition) is 17. The first-order valence-corrected chi connectivity index (χ1v) is 24.4. The van der Waals surface area contributed by atoms with Gasteiger partial charge in [0.25, 0.3) is 11.5 Å². The smallest absolute Gasteiger partial charge is 0.490 e. The molecule has 2 aromatic carbocycles. The van der Waals surface area contributed by atoms with Crippen molar-refractivity contribution in [3.63, 3.8) is 0 Å². The largest absolute Gasteiger partial charge is 0.508 e. The summed E-state index contributed by atoms with van der Waals surface area (Å²) in [6, 6.07) is 12.4. The molecule has 1 fully saturated rings. The topological polar surface area (TPSA) is 410 Å². The van der Waals surface area contributed by atoms with Crippen LogP contribution in [0.2, 0.25) is 0 Å². The number of rotatable bonds is 20. The fourth-order valence-electron chi connectivity index (χ4n) is 6.94. The standard InChI is InChI=1S/C39H41N4O22P3/c44-22-8-11-25-28(16-22)62-29-17-23(45)9-12-26(29)32(25)27-15-20(7-10-24(27)38(51)52)35(49)41-13-3-1-2-6-31(46)40-14-4-5-21-18-43(39(53)42-36(21)50)37-34(48)33(47)30(63-37)19-61-67(57,58)65-68(59,60)64-66(54,55)56/h4-5,7-12,15-18,30,33-34,37,44,47-48H,1-3,6,13-14,19H2,(H,40,46)(H,41,49)(H,51,52)(H,57,58)(H,59,60)(H,42,50,53)(H2,54,55,56)/b5-4+/t30-,33-,34-,37-/m1/s1. The Bertz CT molecular complexity index is 3070. The lowest BCUT2D eigenvalue weighted by molar-refractivity contribution is -0.121. The number of ether oxygens (including phenoxy) is 1. The number of carboxylic acid groups (broad SMARTS) is 1. The third-order valence-electron chi connectivity index (χ3n) is 9.96. The third kappa shape index (κ3) is 13.0. The van der Waals surface area contributed by atoms with E-state index in [1.807, 2.05) is 4.98 Å². The number of nitrogens with one attached hydrogen (secondary N) is 3. The van der Waals surface area contributed by atoms with Crippen molar-refractivity contribution in [3.05, 3.63) is 115 Å². The number of aromatic amines is 1. The van der Waals surface area contributed by atoms with Crippen molar-refractivity contribution in [2.75, 3.05) is 19.7 Å². The van der Waals surface area contributed by atoms with E-state index in [4.69, 9.17) is 18.9 Å². The molecule has 1 aromatic heterocycles. The second-order valence-corrected chi connectivity index (χ2v) is 19.3. The predicted octanol–water partition coefficient (Wildman–Crippen LogP) is 1.90. The molecule has 2 unspecified atom stereocenters. The van der Waals surface area contributed by atoms with Crippen LogP contribution in [0.15, 0.2) is 85.7 Å². The maximum absolute atomic E-state index is 13.3. The first kappa shape index (κ1) is 51.4. The number of unbranched alkanes of at least 4 members (excludes halogenated alkanes) is 2. The summed E-state index contributed by atoms with van der Waals surface area (Å²) in [4.78, 5) is 114. The van der Waals surface area contributed by atoms with Crippen molar-refractivity contribution < 1.29 is 90.4 Å². The van der Waals surface area contributed by atoms with Crippen LogP contribution in [0.4, 0.5) is 0 Å². The molecular weight excluding hydrogens is 969 g/mol. The second-order valence-electron chi connectivity index (χ2n) is 14.8. The van der Waals surface area contributed by atoms with Crippen LogP contribution < -0.4 is 27.3 Å². The zero-order valence-electron chi connectivity index (χ0n) is 34.8. The summed E-state index contributed by atoms with van der Waals surface area (Å²) in [5.74, 6) is -2.12. The molecule has 0 bridgehead atoms. The highest BCUT2D eigenvalue weighted by Gasteiger charge is 2.47. The van der Waals surface area contributed by atoms with Crippen LogP contribution in [0.25, 0.3) is 39.5 Å². The summed E-state index contributed by atoms with van der Waals surface area (Å²) in [5.41, 5.74) is -1.41. The number of phenolic OH excluding ortho intramolecular Hbond substituents is 1. The SMILES string of the molecule is O=C(CCCCCNC(=O)c1ccc(C(=O)O)c(-c2c3ccc(=O)cc-3oc3cc(O)ccc23)c1)NC/C=C/c1cn([C@@H]2O[C@H](COP(=O)(O)OP(=O)(O)OP(=O)(O)O)[C@@H](O)[C@H]2O)c(=O)[nH]c1=O. The minimum absolute atomic E-state index is 0.0778. The number of phenols is 1. The number of fused-ring (bicyclic) bond motifs is 2. The van der Waals surface area contributed by atoms with Crippen LogP contribution in [0.3, 0.4) is 0 Å². The number of phosphoric ester groups is 1. The van der Waals surface area contributed by atoms with Gasteiger partial charge in [0, 0.05) is 59.9 Å². The van der Waals surface area contributed by atoms with Crippen LogP contribution >= 0.6 is 23.5 Å². The number of aromatic nitrogens is 2. The van der Waals surface area contributed by atoms with Gasteiger partial charge in [0.05, 0.1) is 17.7 Å². The molecule has 68 heavy (non-hydrogen) atoms. The molecule has 3 aliphatic rings. The van der Waals surface area contributed by atoms with Crippen molar-refractivity contribution in [3.8, 4) is 28.2 Å². The molecule has 2 amide bonds. The zero-order valence-corrected chi connectivity index (χ0v) is 37.5. The average molecular weight is 1010 g/mol. The number of aliphatic hydroxyl groups is 2. The average Bonchev–Trinajstić information content (AvgIpc) is 3.52. The van der Waals surface area contributed by atoms with Gasteiger partial charge in [-0.1, -0.05) is 18.6 Å². The molecule has 0 spiro atoms. The van der Waals surface area contributed by atoms with Gasteiger partial charge < -0.3 is 59.8 Å². The summed E-state index contributed by atoms with van der Waals surface area (Å²) in [6.07, 6.45) is -2.31. The van der Waals surface area contributed by atoms with Gasteiger partial charge in [0.15, 0.2) is 11.7 Å². The van der Waals surface area contributed by atoms with Gasteiger partial charge in [-0.15, -0.1) is 0 Å². The van der Waals surface area contributed by atoms with E-state index in [2.05, 4.69) is 23.8 Å². The Morgan fingerprint density at radius 1 is 0.853 bits per heavy atom. The Labute approximate surface area is 380 Å². The highest BCUT2D eigenvalue weighted by molar-refractivity contribution is 7.66. The molecule has 364 valence electrons. The maximum Gasteiger partial charge on any atom is 0.490 e. The first-order chi connectivity index (χ1) is 31.9. The highest BCUT2D eigenvalue weighted by atomic mass is 31.3. The van der Waals surface area contributed by atoms with E-state index in [9.17, 15) is 72.7 Å². The number of aromatic carboxylic acids is 1. The first-order valence-electron chi connectivity index (χ1n) is 19.9. The zero-order chi connectivity index (χ0) is 49.7. The monoisotopic (exact) mass is 1010 g/mol. The van der Waals surface area contributed by atoms with E-state index >= 15 is 0 Å². The van der Waals surface area contributed by atoms with Crippen LogP contribution in [-0.2, 0) is 36.4 Å². The van der Waals surface area contributed by atoms with Gasteiger partial charge in [0.1, 0.15) is 35.4 Å². The summed E-state index contributed by atoms with van der Waals surface area (Å²) in [6.45, 7) is -1.02. The van der Waals surface area contributed by atoms with E-state index < -0.39 is 77.7 Å². The number of nitrogens with zero attached hydrogens (tertiary/aromatic N) is 1. The Morgan fingerprint density at radius 3 is 2.32 bits per heavy atom.